The van der Waals surface area contributed by atoms with Crippen molar-refractivity contribution in [2.24, 2.45) is 5.41 Å². The fourth-order valence-electron chi connectivity index (χ4n) is 2.14. The Morgan fingerprint density at radius 3 is 2.43 bits per heavy atom. The quantitative estimate of drug-likeness (QED) is 0.785. The minimum absolute atomic E-state index is 0.00217. The van der Waals surface area contributed by atoms with E-state index < -0.39 is 5.41 Å². The molecule has 5 nitrogen and oxygen atoms in total. The smallest absolute Gasteiger partial charge is 0.234 e. The van der Waals surface area contributed by atoms with Crippen LogP contribution in [0.1, 0.15) is 26.5 Å². The first kappa shape index (κ1) is 15.2. The lowest BCUT2D eigenvalue weighted by Gasteiger charge is -2.17. The SMILES string of the molecule is Cc1ccn2cc(-c3ccc(NC(=O)C(C)(C)C)cc3)nc2n1. The number of carbonyl (C=O) groups excluding carboxylic acids is 1. The van der Waals surface area contributed by atoms with E-state index in [1.165, 1.54) is 0 Å². The number of imidazole rings is 1. The van der Waals surface area contributed by atoms with Crippen molar-refractivity contribution in [2.75, 3.05) is 5.32 Å². The third-order valence-electron chi connectivity index (χ3n) is 3.59. The average molecular weight is 308 g/mol. The molecule has 0 radical (unpaired) electrons. The van der Waals surface area contributed by atoms with Crippen molar-refractivity contribution in [3.05, 3.63) is 48.4 Å². The van der Waals surface area contributed by atoms with Crippen molar-refractivity contribution in [3.8, 4) is 11.3 Å². The highest BCUT2D eigenvalue weighted by Crippen LogP contribution is 2.22. The molecule has 0 saturated carbocycles. The third kappa shape index (κ3) is 3.23. The fraction of sp³-hybridized carbons (Fsp3) is 0.278. The van der Waals surface area contributed by atoms with Crippen LogP contribution in [0.5, 0.6) is 0 Å². The van der Waals surface area contributed by atoms with Crippen molar-refractivity contribution < 1.29 is 4.79 Å². The van der Waals surface area contributed by atoms with Gasteiger partial charge in [0.05, 0.1) is 5.69 Å². The maximum atomic E-state index is 12.0. The van der Waals surface area contributed by atoms with Crippen molar-refractivity contribution in [2.45, 2.75) is 27.7 Å². The Bertz CT molecular complexity index is 857. The molecule has 0 saturated heterocycles. The van der Waals surface area contributed by atoms with E-state index in [2.05, 4.69) is 15.3 Å². The van der Waals surface area contributed by atoms with Crippen LogP contribution in [0.4, 0.5) is 5.69 Å². The maximum absolute atomic E-state index is 12.0. The summed E-state index contributed by atoms with van der Waals surface area (Å²) in [7, 11) is 0. The predicted octanol–water partition coefficient (Wildman–Crippen LogP) is 3.69. The van der Waals surface area contributed by atoms with Crippen LogP contribution < -0.4 is 5.32 Å². The van der Waals surface area contributed by atoms with Crippen LogP contribution in [-0.2, 0) is 4.79 Å². The summed E-state index contributed by atoms with van der Waals surface area (Å²) in [4.78, 5) is 20.9. The van der Waals surface area contributed by atoms with E-state index >= 15 is 0 Å². The van der Waals surface area contributed by atoms with Gasteiger partial charge in [0, 0.05) is 34.8 Å². The van der Waals surface area contributed by atoms with E-state index in [0.717, 1.165) is 22.6 Å². The van der Waals surface area contributed by atoms with Gasteiger partial charge in [0.25, 0.3) is 0 Å². The van der Waals surface area contributed by atoms with Crippen molar-refractivity contribution >= 4 is 17.4 Å². The number of rotatable bonds is 2. The summed E-state index contributed by atoms with van der Waals surface area (Å²) in [6, 6.07) is 9.63. The second-order valence-electron chi connectivity index (χ2n) is 6.68. The Morgan fingerprint density at radius 1 is 1.09 bits per heavy atom. The zero-order chi connectivity index (χ0) is 16.6. The largest absolute Gasteiger partial charge is 0.326 e. The molecule has 0 atom stereocenters. The van der Waals surface area contributed by atoms with Crippen LogP contribution in [0, 0.1) is 12.3 Å². The van der Waals surface area contributed by atoms with Crippen LogP contribution in [-0.4, -0.2) is 20.3 Å². The van der Waals surface area contributed by atoms with E-state index in [1.54, 1.807) is 0 Å². The lowest BCUT2D eigenvalue weighted by atomic mass is 9.95. The average Bonchev–Trinajstić information content (AvgIpc) is 2.90. The third-order valence-corrected chi connectivity index (χ3v) is 3.59. The van der Waals surface area contributed by atoms with Crippen molar-refractivity contribution in [1.82, 2.24) is 14.4 Å². The lowest BCUT2D eigenvalue weighted by molar-refractivity contribution is -0.123. The second-order valence-corrected chi connectivity index (χ2v) is 6.68. The Hall–Kier alpha value is -2.69. The molecule has 1 aromatic carbocycles. The molecule has 2 heterocycles. The first-order valence-corrected chi connectivity index (χ1v) is 7.57. The Labute approximate surface area is 135 Å². The number of hydrogen-bond donors (Lipinski definition) is 1. The molecule has 0 aliphatic carbocycles. The molecule has 3 rings (SSSR count). The first-order valence-electron chi connectivity index (χ1n) is 7.57. The molecule has 0 aliphatic rings. The van der Waals surface area contributed by atoms with Gasteiger partial charge in [-0.05, 0) is 25.1 Å². The number of nitrogens with one attached hydrogen (secondary N) is 1. The van der Waals surface area contributed by atoms with E-state index in [-0.39, 0.29) is 5.91 Å². The molecular weight excluding hydrogens is 288 g/mol. The van der Waals surface area contributed by atoms with Crippen molar-refractivity contribution in [3.63, 3.8) is 0 Å². The number of carbonyl (C=O) groups is 1. The highest BCUT2D eigenvalue weighted by molar-refractivity contribution is 5.94. The van der Waals surface area contributed by atoms with Crippen LogP contribution in [0.25, 0.3) is 17.0 Å². The molecule has 0 fully saturated rings. The van der Waals surface area contributed by atoms with Crippen molar-refractivity contribution in [1.29, 1.82) is 0 Å². The number of benzene rings is 1. The van der Waals surface area contributed by atoms with Crippen LogP contribution in [0.15, 0.2) is 42.7 Å². The zero-order valence-electron chi connectivity index (χ0n) is 13.8. The monoisotopic (exact) mass is 308 g/mol. The molecule has 0 spiro atoms. The molecule has 3 aromatic rings. The number of nitrogens with zero attached hydrogens (tertiary/aromatic N) is 3. The van der Waals surface area contributed by atoms with Crippen LogP contribution in [0.3, 0.4) is 0 Å². The summed E-state index contributed by atoms with van der Waals surface area (Å²) >= 11 is 0. The molecular formula is C18H20N4O. The van der Waals surface area contributed by atoms with Gasteiger partial charge < -0.3 is 5.32 Å². The van der Waals surface area contributed by atoms with Gasteiger partial charge in [-0.15, -0.1) is 0 Å². The Kier molecular flexibility index (Phi) is 3.64. The van der Waals surface area contributed by atoms with Gasteiger partial charge in [-0.3, -0.25) is 9.20 Å². The highest BCUT2D eigenvalue weighted by atomic mass is 16.2. The standard InChI is InChI=1S/C18H20N4O/c1-12-9-10-22-11-15(21-17(22)19-12)13-5-7-14(8-6-13)20-16(23)18(2,3)4/h5-11H,1-4H3,(H,20,23). The lowest BCUT2D eigenvalue weighted by Crippen LogP contribution is -2.27. The summed E-state index contributed by atoms with van der Waals surface area (Å²) in [5.74, 6) is 0.683. The number of fused-ring (bicyclic) bond motifs is 1. The molecule has 0 bridgehead atoms. The molecule has 118 valence electrons. The molecule has 2 aromatic heterocycles. The van der Waals surface area contributed by atoms with Gasteiger partial charge in [-0.1, -0.05) is 32.9 Å². The number of amides is 1. The molecule has 23 heavy (non-hydrogen) atoms. The van der Waals surface area contributed by atoms with E-state index in [9.17, 15) is 4.79 Å². The minimum Gasteiger partial charge on any atom is -0.326 e. The number of anilines is 1. The summed E-state index contributed by atoms with van der Waals surface area (Å²) in [5.41, 5.74) is 3.16. The summed E-state index contributed by atoms with van der Waals surface area (Å²) in [5, 5.41) is 2.92. The zero-order valence-corrected chi connectivity index (χ0v) is 13.8. The van der Waals surface area contributed by atoms with Gasteiger partial charge in [0.2, 0.25) is 11.7 Å². The molecule has 0 aliphatic heterocycles. The van der Waals surface area contributed by atoms with Gasteiger partial charge in [-0.25, -0.2) is 9.97 Å². The molecule has 0 unspecified atom stereocenters. The molecule has 1 amide bonds. The minimum atomic E-state index is -0.413. The summed E-state index contributed by atoms with van der Waals surface area (Å²) in [6.07, 6.45) is 3.90. The summed E-state index contributed by atoms with van der Waals surface area (Å²) < 4.78 is 1.90. The Morgan fingerprint density at radius 2 is 1.78 bits per heavy atom. The number of aryl methyl sites for hydroxylation is 1. The summed E-state index contributed by atoms with van der Waals surface area (Å²) in [6.45, 7) is 7.62. The van der Waals surface area contributed by atoms with E-state index in [1.807, 2.05) is 74.8 Å². The van der Waals surface area contributed by atoms with Gasteiger partial charge in [0.15, 0.2) is 0 Å². The first-order chi connectivity index (χ1) is 10.8. The van der Waals surface area contributed by atoms with Gasteiger partial charge >= 0.3 is 0 Å². The van der Waals surface area contributed by atoms with Crippen LogP contribution >= 0.6 is 0 Å². The molecule has 1 N–H and O–H groups in total. The second kappa shape index (κ2) is 5.50. The van der Waals surface area contributed by atoms with E-state index in [0.29, 0.717) is 5.78 Å². The number of aromatic nitrogens is 3. The molecule has 5 heteroatoms. The topological polar surface area (TPSA) is 59.3 Å². The van der Waals surface area contributed by atoms with Crippen LogP contribution in [0.2, 0.25) is 0 Å². The van der Waals surface area contributed by atoms with Gasteiger partial charge in [-0.2, -0.15) is 0 Å². The maximum Gasteiger partial charge on any atom is 0.234 e. The Balaban J connectivity index is 1.85. The fourth-order valence-corrected chi connectivity index (χ4v) is 2.14. The van der Waals surface area contributed by atoms with Gasteiger partial charge in [0.1, 0.15) is 0 Å². The normalized spacial score (nSPS) is 11.7. The highest BCUT2D eigenvalue weighted by Gasteiger charge is 2.21. The predicted molar refractivity (Wildman–Crippen MR) is 91.2 cm³/mol. The number of hydrogen-bond acceptors (Lipinski definition) is 3. The van der Waals surface area contributed by atoms with E-state index in [4.69, 9.17) is 0 Å².